The maximum Gasteiger partial charge on any atom is 0.234 e. The van der Waals surface area contributed by atoms with Crippen LogP contribution in [0, 0.1) is 5.92 Å². The van der Waals surface area contributed by atoms with E-state index in [-0.39, 0.29) is 0 Å². The van der Waals surface area contributed by atoms with E-state index in [4.69, 9.17) is 10.5 Å². The molecule has 1 heterocycles. The number of nitrogens with zero attached hydrogens (tertiary/aromatic N) is 3. The molecule has 1 saturated carbocycles. The molecule has 0 aromatic carbocycles. The lowest BCUT2D eigenvalue weighted by atomic mass is 9.81. The second-order valence-corrected chi connectivity index (χ2v) is 4.63. The highest BCUT2D eigenvalue weighted by Crippen LogP contribution is 2.27. The summed E-state index contributed by atoms with van der Waals surface area (Å²) >= 11 is 0. The Bertz CT molecular complexity index is 365. The molecule has 0 radical (unpaired) electrons. The summed E-state index contributed by atoms with van der Waals surface area (Å²) in [5.41, 5.74) is 5.78. The number of anilines is 1. The van der Waals surface area contributed by atoms with Gasteiger partial charge in [0.1, 0.15) is 0 Å². The van der Waals surface area contributed by atoms with Crippen molar-refractivity contribution in [3.63, 3.8) is 0 Å². The number of rotatable bonds is 5. The maximum atomic E-state index is 5.78. The zero-order chi connectivity index (χ0) is 12.3. The monoisotopic (exact) mass is 236 g/mol. The van der Waals surface area contributed by atoms with E-state index in [1.165, 1.54) is 0 Å². The normalized spacial score (nSPS) is 23.0. The summed E-state index contributed by atoms with van der Waals surface area (Å²) in [6.45, 7) is 3.53. The van der Waals surface area contributed by atoms with Crippen molar-refractivity contribution >= 4 is 5.82 Å². The molecule has 0 amide bonds. The molecule has 0 spiro atoms. The zero-order valence-corrected chi connectivity index (χ0v) is 10.5. The largest absolute Gasteiger partial charge is 0.477 e. The molecule has 0 aliphatic heterocycles. The lowest BCUT2D eigenvalue weighted by molar-refractivity contribution is 0.270. The fraction of sp³-hybridized carbons (Fsp3) is 0.667. The molecule has 5 nitrogen and oxygen atoms in total. The van der Waals surface area contributed by atoms with Crippen LogP contribution in [0.5, 0.6) is 5.88 Å². The molecule has 2 N–H and O–H groups in total. The number of nitrogens with two attached hydrogens (primary N) is 1. The van der Waals surface area contributed by atoms with Gasteiger partial charge >= 0.3 is 0 Å². The Labute approximate surface area is 102 Å². The van der Waals surface area contributed by atoms with Crippen LogP contribution in [-0.4, -0.2) is 36.2 Å². The van der Waals surface area contributed by atoms with Gasteiger partial charge in [0.15, 0.2) is 5.82 Å². The van der Waals surface area contributed by atoms with Gasteiger partial charge in [0.2, 0.25) is 5.88 Å². The average molecular weight is 236 g/mol. The van der Waals surface area contributed by atoms with Crippen molar-refractivity contribution in [1.29, 1.82) is 0 Å². The molecule has 0 saturated heterocycles. The first-order valence-corrected chi connectivity index (χ1v) is 6.10. The molecule has 5 heteroatoms. The highest BCUT2D eigenvalue weighted by atomic mass is 16.5. The Kier molecular flexibility index (Phi) is 3.78. The lowest BCUT2D eigenvalue weighted by Crippen LogP contribution is -2.42. The van der Waals surface area contributed by atoms with Crippen LogP contribution in [0.4, 0.5) is 5.82 Å². The molecular weight excluding hydrogens is 216 g/mol. The van der Waals surface area contributed by atoms with Crippen LogP contribution >= 0.6 is 0 Å². The predicted octanol–water partition coefficient (Wildman–Crippen LogP) is 1.05. The van der Waals surface area contributed by atoms with Crippen LogP contribution in [0.1, 0.15) is 19.8 Å². The quantitative estimate of drug-likeness (QED) is 0.827. The van der Waals surface area contributed by atoms with Crippen molar-refractivity contribution in [3.05, 3.63) is 12.4 Å². The number of aromatic nitrogens is 2. The van der Waals surface area contributed by atoms with Crippen molar-refractivity contribution < 1.29 is 4.74 Å². The van der Waals surface area contributed by atoms with Gasteiger partial charge in [-0.25, -0.2) is 0 Å². The molecular formula is C12H20N4O. The molecule has 2 rings (SSSR count). The molecule has 1 aromatic rings. The molecule has 1 aliphatic carbocycles. The van der Waals surface area contributed by atoms with E-state index in [9.17, 15) is 0 Å². The zero-order valence-electron chi connectivity index (χ0n) is 10.5. The third kappa shape index (κ3) is 3.06. The van der Waals surface area contributed by atoms with Gasteiger partial charge in [-0.3, -0.25) is 4.98 Å². The van der Waals surface area contributed by atoms with Crippen molar-refractivity contribution in [3.8, 4) is 5.88 Å². The van der Waals surface area contributed by atoms with E-state index in [0.717, 1.165) is 25.2 Å². The van der Waals surface area contributed by atoms with Crippen molar-refractivity contribution in [2.45, 2.75) is 25.8 Å². The molecule has 0 unspecified atom stereocenters. The SMILES string of the molecule is CCOc1cncc(N(C)CC2CC(N)C2)n1. The van der Waals surface area contributed by atoms with E-state index in [1.807, 2.05) is 14.0 Å². The van der Waals surface area contributed by atoms with Crippen LogP contribution in [0.2, 0.25) is 0 Å². The van der Waals surface area contributed by atoms with Crippen molar-refractivity contribution in [1.82, 2.24) is 9.97 Å². The number of hydrogen-bond acceptors (Lipinski definition) is 5. The van der Waals surface area contributed by atoms with Crippen molar-refractivity contribution in [2.75, 3.05) is 25.1 Å². The summed E-state index contributed by atoms with van der Waals surface area (Å²) in [5, 5.41) is 0. The molecule has 94 valence electrons. The van der Waals surface area contributed by atoms with Gasteiger partial charge in [-0.05, 0) is 25.7 Å². The molecule has 0 atom stereocenters. The molecule has 0 bridgehead atoms. The molecule has 1 fully saturated rings. The van der Waals surface area contributed by atoms with E-state index in [1.54, 1.807) is 12.4 Å². The van der Waals surface area contributed by atoms with E-state index >= 15 is 0 Å². The van der Waals surface area contributed by atoms with Crippen molar-refractivity contribution in [2.24, 2.45) is 11.7 Å². The Morgan fingerprint density at radius 2 is 2.24 bits per heavy atom. The first-order valence-electron chi connectivity index (χ1n) is 6.10. The van der Waals surface area contributed by atoms with Gasteiger partial charge in [0, 0.05) is 19.6 Å². The Morgan fingerprint density at radius 1 is 1.47 bits per heavy atom. The fourth-order valence-corrected chi connectivity index (χ4v) is 2.16. The number of hydrogen-bond donors (Lipinski definition) is 1. The third-order valence-corrected chi connectivity index (χ3v) is 3.09. The molecule has 17 heavy (non-hydrogen) atoms. The Hall–Kier alpha value is -1.36. The summed E-state index contributed by atoms with van der Waals surface area (Å²) in [4.78, 5) is 10.7. The Balaban J connectivity index is 1.93. The minimum atomic E-state index is 0.397. The van der Waals surface area contributed by atoms with Crippen LogP contribution < -0.4 is 15.4 Å². The highest BCUT2D eigenvalue weighted by molar-refractivity contribution is 5.36. The van der Waals surface area contributed by atoms with Gasteiger partial charge < -0.3 is 15.4 Å². The summed E-state index contributed by atoms with van der Waals surface area (Å²) < 4.78 is 5.34. The van der Waals surface area contributed by atoms with E-state index in [0.29, 0.717) is 24.4 Å². The van der Waals surface area contributed by atoms with Gasteiger partial charge in [0.05, 0.1) is 19.0 Å². The van der Waals surface area contributed by atoms with E-state index < -0.39 is 0 Å². The number of ether oxygens (including phenoxy) is 1. The minimum absolute atomic E-state index is 0.397. The third-order valence-electron chi connectivity index (χ3n) is 3.09. The Morgan fingerprint density at radius 3 is 2.88 bits per heavy atom. The van der Waals surface area contributed by atoms with Gasteiger partial charge in [-0.2, -0.15) is 4.98 Å². The van der Waals surface area contributed by atoms with Gasteiger partial charge in [-0.1, -0.05) is 0 Å². The smallest absolute Gasteiger partial charge is 0.234 e. The lowest BCUT2D eigenvalue weighted by Gasteiger charge is -2.35. The minimum Gasteiger partial charge on any atom is -0.477 e. The molecule has 1 aliphatic rings. The van der Waals surface area contributed by atoms with Gasteiger partial charge in [0.25, 0.3) is 0 Å². The summed E-state index contributed by atoms with van der Waals surface area (Å²) in [5.74, 6) is 2.13. The second kappa shape index (κ2) is 5.31. The van der Waals surface area contributed by atoms with Crippen LogP contribution in [0.15, 0.2) is 12.4 Å². The fourth-order valence-electron chi connectivity index (χ4n) is 2.16. The van der Waals surface area contributed by atoms with Crippen LogP contribution in [0.3, 0.4) is 0 Å². The first kappa shape index (κ1) is 12.1. The topological polar surface area (TPSA) is 64.3 Å². The summed E-state index contributed by atoms with van der Waals surface area (Å²) in [6.07, 6.45) is 5.63. The predicted molar refractivity (Wildman–Crippen MR) is 67.2 cm³/mol. The standard InChI is InChI=1S/C12H20N4O/c1-3-17-12-7-14-6-11(15-12)16(2)8-9-4-10(13)5-9/h6-7,9-10H,3-5,8,13H2,1-2H3. The van der Waals surface area contributed by atoms with Crippen LogP contribution in [-0.2, 0) is 0 Å². The summed E-state index contributed by atoms with van der Waals surface area (Å²) in [7, 11) is 2.03. The second-order valence-electron chi connectivity index (χ2n) is 4.63. The highest BCUT2D eigenvalue weighted by Gasteiger charge is 2.27. The van der Waals surface area contributed by atoms with Gasteiger partial charge in [-0.15, -0.1) is 0 Å². The maximum absolute atomic E-state index is 5.78. The summed E-state index contributed by atoms with van der Waals surface area (Å²) in [6, 6.07) is 0.397. The van der Waals surface area contributed by atoms with E-state index in [2.05, 4.69) is 14.9 Å². The molecule has 1 aromatic heterocycles. The first-order chi connectivity index (χ1) is 8.19. The van der Waals surface area contributed by atoms with Crippen LogP contribution in [0.25, 0.3) is 0 Å². The average Bonchev–Trinajstić information content (AvgIpc) is 2.28.